The summed E-state index contributed by atoms with van der Waals surface area (Å²) in [6.07, 6.45) is -4.08. The Morgan fingerprint density at radius 3 is 2.25 bits per heavy atom. The summed E-state index contributed by atoms with van der Waals surface area (Å²) in [6.45, 7) is 4.55. The van der Waals surface area contributed by atoms with Gasteiger partial charge in [-0.3, -0.25) is 4.79 Å². The van der Waals surface area contributed by atoms with Gasteiger partial charge in [0, 0.05) is 32.1 Å². The van der Waals surface area contributed by atoms with Crippen LogP contribution in [-0.4, -0.2) is 49.7 Å². The Balaban J connectivity index is 1.40. The number of benzene rings is 2. The van der Waals surface area contributed by atoms with Gasteiger partial charge in [-0.05, 0) is 61.1 Å². The van der Waals surface area contributed by atoms with E-state index in [1.54, 1.807) is 29.2 Å². The lowest BCUT2D eigenvalue weighted by atomic mass is 10.0. The summed E-state index contributed by atoms with van der Waals surface area (Å²) in [5.74, 6) is -1.13. The Bertz CT molecular complexity index is 1140. The van der Waals surface area contributed by atoms with E-state index in [0.717, 1.165) is 17.2 Å². The lowest BCUT2D eigenvalue weighted by Crippen LogP contribution is -2.51. The van der Waals surface area contributed by atoms with Crippen LogP contribution in [0, 0.1) is 19.8 Å². The number of carbonyl (C=O) groups is 1. The number of rotatable bonds is 4. The largest absolute Gasteiger partial charge is 0.416 e. The highest BCUT2D eigenvalue weighted by Crippen LogP contribution is 2.51. The Labute approximate surface area is 185 Å². The van der Waals surface area contributed by atoms with Crippen LogP contribution < -0.4 is 0 Å². The second-order valence-electron chi connectivity index (χ2n) is 8.51. The van der Waals surface area contributed by atoms with E-state index in [4.69, 9.17) is 0 Å². The van der Waals surface area contributed by atoms with Crippen molar-refractivity contribution in [2.24, 2.45) is 5.92 Å². The highest BCUT2D eigenvalue weighted by atomic mass is 32.2. The van der Waals surface area contributed by atoms with E-state index in [2.05, 4.69) is 0 Å². The molecule has 0 spiro atoms. The Morgan fingerprint density at radius 2 is 1.62 bits per heavy atom. The zero-order chi connectivity index (χ0) is 23.3. The van der Waals surface area contributed by atoms with Crippen LogP contribution >= 0.6 is 0 Å². The Hall–Kier alpha value is -2.39. The molecule has 2 aliphatic rings. The molecule has 0 N–H and O–H groups in total. The Kier molecular flexibility index (Phi) is 5.83. The van der Waals surface area contributed by atoms with E-state index in [9.17, 15) is 26.4 Å². The SMILES string of the molecule is Cc1ccc(S(=O)(=O)N2CCN(C(=O)C3CC3c3ccccc3C(F)(F)F)CC2)cc1C. The van der Waals surface area contributed by atoms with Crippen molar-refractivity contribution in [2.75, 3.05) is 26.2 Å². The van der Waals surface area contributed by atoms with Crippen LogP contribution in [-0.2, 0) is 21.0 Å². The molecular formula is C23H25F3N2O3S. The molecule has 1 aliphatic carbocycles. The average molecular weight is 467 g/mol. The summed E-state index contributed by atoms with van der Waals surface area (Å²) in [6, 6.07) is 10.4. The van der Waals surface area contributed by atoms with Crippen LogP contribution in [0.15, 0.2) is 47.4 Å². The summed E-state index contributed by atoms with van der Waals surface area (Å²) in [4.78, 5) is 14.7. The third kappa shape index (κ3) is 4.28. The van der Waals surface area contributed by atoms with Gasteiger partial charge in [0.05, 0.1) is 10.5 Å². The molecule has 0 aromatic heterocycles. The maximum absolute atomic E-state index is 13.3. The molecule has 2 atom stereocenters. The summed E-state index contributed by atoms with van der Waals surface area (Å²) in [5, 5.41) is 0. The monoisotopic (exact) mass is 466 g/mol. The Morgan fingerprint density at radius 1 is 0.969 bits per heavy atom. The van der Waals surface area contributed by atoms with Crippen LogP contribution in [0.1, 0.15) is 34.6 Å². The number of hydrogen-bond donors (Lipinski definition) is 0. The first-order valence-corrected chi connectivity index (χ1v) is 12.0. The summed E-state index contributed by atoms with van der Waals surface area (Å²) in [7, 11) is -3.66. The molecule has 2 unspecified atom stereocenters. The van der Waals surface area contributed by atoms with Gasteiger partial charge in [0.1, 0.15) is 0 Å². The molecule has 2 aromatic rings. The van der Waals surface area contributed by atoms with E-state index < -0.39 is 33.6 Å². The molecule has 1 saturated carbocycles. The number of nitrogens with zero attached hydrogens (tertiary/aromatic N) is 2. The predicted octanol–water partition coefficient (Wildman–Crippen LogP) is 3.96. The molecule has 1 amide bonds. The molecule has 9 heteroatoms. The molecule has 0 bridgehead atoms. The molecule has 2 fully saturated rings. The molecule has 5 nitrogen and oxygen atoms in total. The van der Waals surface area contributed by atoms with E-state index in [-0.39, 0.29) is 42.5 Å². The van der Waals surface area contributed by atoms with Crippen molar-refractivity contribution >= 4 is 15.9 Å². The van der Waals surface area contributed by atoms with Crippen LogP contribution in [0.5, 0.6) is 0 Å². The number of alkyl halides is 3. The van der Waals surface area contributed by atoms with Gasteiger partial charge in [-0.1, -0.05) is 24.3 Å². The number of carbonyl (C=O) groups excluding carboxylic acids is 1. The number of hydrogen-bond acceptors (Lipinski definition) is 3. The number of sulfonamides is 1. The smallest absolute Gasteiger partial charge is 0.340 e. The molecule has 1 heterocycles. The zero-order valence-corrected chi connectivity index (χ0v) is 18.7. The van der Waals surface area contributed by atoms with E-state index in [1.165, 1.54) is 16.4 Å². The third-order valence-electron chi connectivity index (χ3n) is 6.44. The first-order chi connectivity index (χ1) is 15.0. The average Bonchev–Trinajstić information content (AvgIpc) is 3.55. The second-order valence-corrected chi connectivity index (χ2v) is 10.4. The van der Waals surface area contributed by atoms with Crippen molar-refractivity contribution in [3.05, 3.63) is 64.7 Å². The standard InChI is InChI=1S/C23H25F3N2O3S/c1-15-7-8-17(13-16(15)2)32(30,31)28-11-9-27(10-12-28)22(29)20-14-19(20)18-5-3-4-6-21(18)23(24,25)26/h3-8,13,19-20H,9-12,14H2,1-2H3. The maximum Gasteiger partial charge on any atom is 0.416 e. The van der Waals surface area contributed by atoms with Crippen molar-refractivity contribution in [1.82, 2.24) is 9.21 Å². The van der Waals surface area contributed by atoms with E-state index in [0.29, 0.717) is 6.42 Å². The fourth-order valence-corrected chi connectivity index (χ4v) is 5.80. The topological polar surface area (TPSA) is 57.7 Å². The minimum atomic E-state index is -4.46. The van der Waals surface area contributed by atoms with Crippen LogP contribution in [0.2, 0.25) is 0 Å². The van der Waals surface area contributed by atoms with Gasteiger partial charge in [-0.15, -0.1) is 0 Å². The second kappa shape index (κ2) is 8.19. The van der Waals surface area contributed by atoms with Gasteiger partial charge >= 0.3 is 6.18 Å². The quantitative estimate of drug-likeness (QED) is 0.686. The van der Waals surface area contributed by atoms with Gasteiger partial charge in [-0.2, -0.15) is 17.5 Å². The first-order valence-electron chi connectivity index (χ1n) is 10.5. The van der Waals surface area contributed by atoms with Gasteiger partial charge in [-0.25, -0.2) is 8.42 Å². The van der Waals surface area contributed by atoms with E-state index in [1.807, 2.05) is 13.8 Å². The maximum atomic E-state index is 13.3. The van der Waals surface area contributed by atoms with Crippen molar-refractivity contribution in [3.8, 4) is 0 Å². The lowest BCUT2D eigenvalue weighted by Gasteiger charge is -2.34. The molecule has 172 valence electrons. The molecule has 32 heavy (non-hydrogen) atoms. The van der Waals surface area contributed by atoms with Gasteiger partial charge in [0.25, 0.3) is 0 Å². The molecule has 0 radical (unpaired) electrons. The van der Waals surface area contributed by atoms with Crippen molar-refractivity contribution in [1.29, 1.82) is 0 Å². The summed E-state index contributed by atoms with van der Waals surface area (Å²) < 4.78 is 67.2. The van der Waals surface area contributed by atoms with Crippen LogP contribution in [0.4, 0.5) is 13.2 Å². The minimum absolute atomic E-state index is 0.161. The van der Waals surface area contributed by atoms with Crippen molar-refractivity contribution in [2.45, 2.75) is 37.3 Å². The van der Waals surface area contributed by atoms with Gasteiger partial charge in [0.2, 0.25) is 15.9 Å². The number of aryl methyl sites for hydroxylation is 2. The van der Waals surface area contributed by atoms with Gasteiger partial charge in [0.15, 0.2) is 0 Å². The first kappa shape index (κ1) is 22.8. The molecule has 1 saturated heterocycles. The summed E-state index contributed by atoms with van der Waals surface area (Å²) >= 11 is 0. The van der Waals surface area contributed by atoms with Crippen LogP contribution in [0.25, 0.3) is 0 Å². The zero-order valence-electron chi connectivity index (χ0n) is 17.9. The predicted molar refractivity (Wildman–Crippen MR) is 114 cm³/mol. The van der Waals surface area contributed by atoms with Crippen molar-refractivity contribution in [3.63, 3.8) is 0 Å². The molecule has 4 rings (SSSR count). The summed E-state index contributed by atoms with van der Waals surface area (Å²) in [5.41, 5.74) is 1.36. The van der Waals surface area contributed by atoms with Crippen molar-refractivity contribution < 1.29 is 26.4 Å². The lowest BCUT2D eigenvalue weighted by molar-refractivity contribution is -0.139. The third-order valence-corrected chi connectivity index (χ3v) is 8.33. The normalized spacial score (nSPS) is 22.1. The number of piperazine rings is 1. The molecule has 2 aromatic carbocycles. The van der Waals surface area contributed by atoms with Gasteiger partial charge < -0.3 is 4.90 Å². The fourth-order valence-electron chi connectivity index (χ4n) is 4.30. The number of halogens is 3. The fraction of sp³-hybridized carbons (Fsp3) is 0.435. The van der Waals surface area contributed by atoms with E-state index >= 15 is 0 Å². The molecule has 1 aliphatic heterocycles. The number of amides is 1. The highest BCUT2D eigenvalue weighted by molar-refractivity contribution is 7.89. The highest BCUT2D eigenvalue weighted by Gasteiger charge is 2.49. The van der Waals surface area contributed by atoms with Crippen LogP contribution in [0.3, 0.4) is 0 Å². The minimum Gasteiger partial charge on any atom is -0.340 e. The molecular weight excluding hydrogens is 441 g/mol.